The predicted octanol–water partition coefficient (Wildman–Crippen LogP) is -1.96. The van der Waals surface area contributed by atoms with Crippen molar-refractivity contribution in [2.75, 3.05) is 0 Å². The summed E-state index contributed by atoms with van der Waals surface area (Å²) in [5.41, 5.74) is 0. The first-order valence-electron chi connectivity index (χ1n) is 14.6. The Kier molecular flexibility index (Phi) is 38.4. The molecule has 13 heteroatoms. The standard InChI is InChI=1S/C24H46O3.C4H6O7S.2Na/c1-3-5-7-9-11-13-15-17-19-21-23(25)27-24(26)22-20-18-16-14-12-10-8-6-4-2;5-3(6)1-2(4(7)8)12(9,10)11;;/h3-22H2,1-2H3;2H,1H2,(H,5,6)(H,7,8)(H,9,10,11);;/q;;2*+1/p-2. The maximum atomic E-state index is 11.7. The molecule has 1 unspecified atom stereocenters. The molecule has 41 heavy (non-hydrogen) atoms. The molecule has 0 aliphatic heterocycles. The molecule has 1 atom stereocenters. The molecule has 0 fully saturated rings. The van der Waals surface area contributed by atoms with Crippen LogP contribution < -0.4 is 69.3 Å². The van der Waals surface area contributed by atoms with Crippen LogP contribution in [0.25, 0.3) is 0 Å². The van der Waals surface area contributed by atoms with Gasteiger partial charge in [0.05, 0.1) is 5.97 Å². The van der Waals surface area contributed by atoms with Gasteiger partial charge >= 0.3 is 71.1 Å². The van der Waals surface area contributed by atoms with Crippen LogP contribution in [0.1, 0.15) is 149 Å². The summed E-state index contributed by atoms with van der Waals surface area (Å²) in [7, 11) is -4.94. The maximum absolute atomic E-state index is 11.7. The average Bonchev–Trinajstić information content (AvgIpc) is 2.84. The summed E-state index contributed by atoms with van der Waals surface area (Å²) in [6.45, 7) is 4.47. The minimum atomic E-state index is -4.94. The fourth-order valence-corrected chi connectivity index (χ4v) is 4.44. The zero-order chi connectivity index (χ0) is 29.9. The first kappa shape index (κ1) is 47.9. The molecule has 0 heterocycles. The Morgan fingerprint density at radius 1 is 0.610 bits per heavy atom. The van der Waals surface area contributed by atoms with Crippen LogP contribution in [0.2, 0.25) is 0 Å². The number of carboxylic acid groups (broad SMARTS) is 2. The Morgan fingerprint density at radius 2 is 0.902 bits per heavy atom. The molecule has 1 N–H and O–H groups in total. The van der Waals surface area contributed by atoms with Gasteiger partial charge in [0.2, 0.25) is 0 Å². The van der Waals surface area contributed by atoms with Gasteiger partial charge in [-0.3, -0.25) is 14.1 Å². The number of ether oxygens (including phenoxy) is 1. The predicted molar refractivity (Wildman–Crippen MR) is 145 cm³/mol. The third kappa shape index (κ3) is 36.1. The van der Waals surface area contributed by atoms with Crippen molar-refractivity contribution in [3.63, 3.8) is 0 Å². The van der Waals surface area contributed by atoms with E-state index in [0.717, 1.165) is 25.7 Å². The van der Waals surface area contributed by atoms with Crippen LogP contribution in [0, 0.1) is 0 Å². The van der Waals surface area contributed by atoms with Crippen molar-refractivity contribution in [3.05, 3.63) is 0 Å². The van der Waals surface area contributed by atoms with Gasteiger partial charge in [-0.05, 0) is 12.8 Å². The largest absolute Gasteiger partial charge is 1.00 e. The van der Waals surface area contributed by atoms with E-state index in [4.69, 9.17) is 9.29 Å². The molecule has 230 valence electrons. The summed E-state index contributed by atoms with van der Waals surface area (Å²) in [6, 6.07) is 0. The molecule has 0 saturated heterocycles. The number of aliphatic carboxylic acids is 2. The number of carbonyl (C=O) groups is 4. The smallest absolute Gasteiger partial charge is 0.550 e. The van der Waals surface area contributed by atoms with E-state index >= 15 is 0 Å². The molecule has 0 aromatic carbocycles. The van der Waals surface area contributed by atoms with Gasteiger partial charge in [-0.1, -0.05) is 117 Å². The molecule has 10 nitrogen and oxygen atoms in total. The van der Waals surface area contributed by atoms with Crippen LogP contribution >= 0.6 is 0 Å². The van der Waals surface area contributed by atoms with Crippen LogP contribution in [0.5, 0.6) is 0 Å². The molecule has 0 bridgehead atoms. The van der Waals surface area contributed by atoms with Crippen LogP contribution in [0.4, 0.5) is 0 Å². The summed E-state index contributed by atoms with van der Waals surface area (Å²) in [5, 5.41) is 17.3. The van der Waals surface area contributed by atoms with Crippen LogP contribution in [0.15, 0.2) is 0 Å². The number of esters is 2. The summed E-state index contributed by atoms with van der Waals surface area (Å²) in [5.74, 6) is -4.75. The second kappa shape index (κ2) is 32.9. The zero-order valence-corrected chi connectivity index (χ0v) is 30.8. The quantitative estimate of drug-likeness (QED) is 0.0417. The summed E-state index contributed by atoms with van der Waals surface area (Å²) >= 11 is 0. The van der Waals surface area contributed by atoms with E-state index in [9.17, 15) is 37.8 Å². The number of hydrogen-bond acceptors (Lipinski definition) is 9. The van der Waals surface area contributed by atoms with E-state index in [1.807, 2.05) is 0 Å². The molecule has 0 radical (unpaired) electrons. The number of hydrogen-bond donors (Lipinski definition) is 1. The van der Waals surface area contributed by atoms with E-state index in [-0.39, 0.29) is 71.1 Å². The van der Waals surface area contributed by atoms with Crippen molar-refractivity contribution in [2.45, 2.75) is 154 Å². The topological polar surface area (TPSA) is 178 Å². The Hall–Kier alpha value is -0.01000. The Morgan fingerprint density at radius 3 is 1.12 bits per heavy atom. The zero-order valence-electron chi connectivity index (χ0n) is 26.0. The fraction of sp³-hybridized carbons (Fsp3) is 0.857. The average molecular weight is 625 g/mol. The normalized spacial score (nSPS) is 11.2. The first-order chi connectivity index (χ1) is 18.4. The van der Waals surface area contributed by atoms with Crippen molar-refractivity contribution in [1.29, 1.82) is 0 Å². The molecule has 0 spiro atoms. The number of carboxylic acids is 2. The van der Waals surface area contributed by atoms with Crippen LogP contribution in [-0.4, -0.2) is 42.1 Å². The van der Waals surface area contributed by atoms with Gasteiger partial charge < -0.3 is 24.5 Å². The summed E-state index contributed by atoms with van der Waals surface area (Å²) in [4.78, 5) is 43.1. The molecule has 0 saturated carbocycles. The molecule has 0 aromatic rings. The molecular weight excluding hydrogens is 574 g/mol. The summed E-state index contributed by atoms with van der Waals surface area (Å²) < 4.78 is 33.4. The van der Waals surface area contributed by atoms with Gasteiger partial charge in [-0.25, -0.2) is 0 Å². The minimum absolute atomic E-state index is 0. The minimum Gasteiger partial charge on any atom is -0.550 e. The molecule has 0 rings (SSSR count). The molecule has 0 aliphatic carbocycles. The Bertz CT molecular complexity index is 744. The van der Waals surface area contributed by atoms with Gasteiger partial charge in [-0.15, -0.1) is 0 Å². The van der Waals surface area contributed by atoms with E-state index in [2.05, 4.69) is 13.8 Å². The van der Waals surface area contributed by atoms with Gasteiger partial charge in [0.1, 0.15) is 5.25 Å². The van der Waals surface area contributed by atoms with Crippen molar-refractivity contribution in [1.82, 2.24) is 0 Å². The van der Waals surface area contributed by atoms with Crippen molar-refractivity contribution >= 4 is 34.0 Å². The van der Waals surface area contributed by atoms with Crippen molar-refractivity contribution in [3.8, 4) is 0 Å². The third-order valence-corrected chi connectivity index (χ3v) is 7.25. The van der Waals surface area contributed by atoms with Gasteiger partial charge in [0.25, 0.3) is 10.1 Å². The molecule has 0 aromatic heterocycles. The second-order valence-electron chi connectivity index (χ2n) is 9.90. The van der Waals surface area contributed by atoms with Crippen LogP contribution in [0.3, 0.4) is 0 Å². The monoisotopic (exact) mass is 624 g/mol. The Balaban J connectivity index is -0.000000414. The molecule has 0 amide bonds. The number of rotatable bonds is 24. The molecule has 0 aliphatic rings. The van der Waals surface area contributed by atoms with E-state index in [1.165, 1.54) is 89.9 Å². The first-order valence-corrected chi connectivity index (χ1v) is 16.1. The van der Waals surface area contributed by atoms with Crippen molar-refractivity contribution < 1.29 is 106 Å². The number of carbonyl (C=O) groups excluding carboxylic acids is 4. The van der Waals surface area contributed by atoms with Crippen LogP contribution in [-0.2, 0) is 34.0 Å². The van der Waals surface area contributed by atoms with E-state index < -0.39 is 33.7 Å². The van der Waals surface area contributed by atoms with E-state index in [0.29, 0.717) is 12.8 Å². The van der Waals surface area contributed by atoms with Gasteiger partial charge in [-0.2, -0.15) is 8.42 Å². The third-order valence-electron chi connectivity index (χ3n) is 6.17. The van der Waals surface area contributed by atoms with Gasteiger partial charge in [0.15, 0.2) is 0 Å². The van der Waals surface area contributed by atoms with Crippen molar-refractivity contribution in [2.24, 2.45) is 0 Å². The van der Waals surface area contributed by atoms with Gasteiger partial charge in [0, 0.05) is 25.2 Å². The SMILES string of the molecule is CCCCCCCCCCCC(=O)OC(=O)CCCCCCCCCCC.O=C([O-])CC(C(=O)[O-])S(=O)(=O)O.[Na+].[Na+]. The summed E-state index contributed by atoms with van der Waals surface area (Å²) in [6.07, 6.45) is 21.4. The fourth-order valence-electron chi connectivity index (χ4n) is 3.85. The molecular formula is C28H50Na2O10S. The number of unbranched alkanes of at least 4 members (excludes halogenated alkanes) is 16. The maximum Gasteiger partial charge on any atom is 1.00 e. The Labute approximate surface area is 291 Å². The van der Waals surface area contributed by atoms with E-state index in [1.54, 1.807) is 0 Å². The second-order valence-corrected chi connectivity index (χ2v) is 11.5.